The van der Waals surface area contributed by atoms with Crippen molar-refractivity contribution < 1.29 is 4.74 Å². The second kappa shape index (κ2) is 6.55. The van der Waals surface area contributed by atoms with E-state index < -0.39 is 0 Å². The van der Waals surface area contributed by atoms with Crippen molar-refractivity contribution in [3.8, 4) is 0 Å². The van der Waals surface area contributed by atoms with Crippen molar-refractivity contribution in [2.24, 2.45) is 5.92 Å². The molecule has 0 aromatic heterocycles. The SMILES string of the molecule is CCC1(CC)CN(C2CCOCC2)C(C(C)C)CN1. The lowest BCUT2D eigenvalue weighted by molar-refractivity contribution is -0.0298. The van der Waals surface area contributed by atoms with Gasteiger partial charge in [0.15, 0.2) is 0 Å². The van der Waals surface area contributed by atoms with Crippen LogP contribution in [0.25, 0.3) is 0 Å². The average molecular weight is 268 g/mol. The molecule has 0 aliphatic carbocycles. The van der Waals surface area contributed by atoms with E-state index in [1.165, 1.54) is 32.2 Å². The van der Waals surface area contributed by atoms with Crippen molar-refractivity contribution in [2.75, 3.05) is 26.3 Å². The summed E-state index contributed by atoms with van der Waals surface area (Å²) >= 11 is 0. The number of ether oxygens (including phenoxy) is 1. The van der Waals surface area contributed by atoms with E-state index in [0.717, 1.165) is 31.7 Å². The Kier molecular flexibility index (Phi) is 5.27. The van der Waals surface area contributed by atoms with Gasteiger partial charge in [-0.05, 0) is 31.6 Å². The number of nitrogens with one attached hydrogen (secondary N) is 1. The number of hydrogen-bond acceptors (Lipinski definition) is 3. The van der Waals surface area contributed by atoms with Gasteiger partial charge in [-0.3, -0.25) is 4.90 Å². The summed E-state index contributed by atoms with van der Waals surface area (Å²) in [7, 11) is 0. The summed E-state index contributed by atoms with van der Waals surface area (Å²) in [5.41, 5.74) is 0.337. The molecule has 1 atom stereocenters. The van der Waals surface area contributed by atoms with Crippen LogP contribution in [0.1, 0.15) is 53.4 Å². The Hall–Kier alpha value is -0.120. The van der Waals surface area contributed by atoms with E-state index in [-0.39, 0.29) is 0 Å². The lowest BCUT2D eigenvalue weighted by atomic mass is 9.84. The molecule has 0 aromatic carbocycles. The van der Waals surface area contributed by atoms with Gasteiger partial charge in [0, 0.05) is 43.9 Å². The Bertz CT molecular complexity index is 270. The molecule has 3 heteroatoms. The second-order valence-electron chi connectivity index (χ2n) is 6.70. The molecule has 0 amide bonds. The zero-order valence-corrected chi connectivity index (χ0v) is 13.2. The Morgan fingerprint density at radius 1 is 1.21 bits per heavy atom. The lowest BCUT2D eigenvalue weighted by Crippen LogP contribution is -2.67. The standard InChI is InChI=1S/C16H32N2O/c1-5-16(6-2)12-18(14-7-9-19-10-8-14)15(11-17-16)13(3)4/h13-15,17H,5-12H2,1-4H3. The Morgan fingerprint density at radius 3 is 2.37 bits per heavy atom. The van der Waals surface area contributed by atoms with Gasteiger partial charge >= 0.3 is 0 Å². The van der Waals surface area contributed by atoms with Crippen LogP contribution in [-0.4, -0.2) is 48.8 Å². The van der Waals surface area contributed by atoms with Gasteiger partial charge in [0.2, 0.25) is 0 Å². The Balaban J connectivity index is 2.11. The van der Waals surface area contributed by atoms with E-state index in [9.17, 15) is 0 Å². The molecule has 1 unspecified atom stereocenters. The summed E-state index contributed by atoms with van der Waals surface area (Å²) < 4.78 is 5.55. The van der Waals surface area contributed by atoms with Crippen molar-refractivity contribution in [1.82, 2.24) is 10.2 Å². The van der Waals surface area contributed by atoms with E-state index in [0.29, 0.717) is 11.6 Å². The van der Waals surface area contributed by atoms with Gasteiger partial charge < -0.3 is 10.1 Å². The number of hydrogen-bond donors (Lipinski definition) is 1. The number of nitrogens with zero attached hydrogens (tertiary/aromatic N) is 1. The molecule has 2 heterocycles. The zero-order valence-electron chi connectivity index (χ0n) is 13.2. The van der Waals surface area contributed by atoms with Crippen molar-refractivity contribution >= 4 is 0 Å². The predicted octanol–water partition coefficient (Wildman–Crippen LogP) is 2.65. The monoisotopic (exact) mass is 268 g/mol. The molecule has 0 aromatic rings. The average Bonchev–Trinajstić information content (AvgIpc) is 2.47. The number of rotatable bonds is 4. The summed E-state index contributed by atoms with van der Waals surface area (Å²) in [4.78, 5) is 2.82. The molecular weight excluding hydrogens is 236 g/mol. The first kappa shape index (κ1) is 15.3. The summed E-state index contributed by atoms with van der Waals surface area (Å²) in [5.74, 6) is 0.724. The lowest BCUT2D eigenvalue weighted by Gasteiger charge is -2.52. The van der Waals surface area contributed by atoms with Gasteiger partial charge in [-0.2, -0.15) is 0 Å². The van der Waals surface area contributed by atoms with Crippen LogP contribution >= 0.6 is 0 Å². The first-order valence-electron chi connectivity index (χ1n) is 8.20. The molecule has 0 radical (unpaired) electrons. The highest BCUT2D eigenvalue weighted by Crippen LogP contribution is 2.29. The molecule has 3 nitrogen and oxygen atoms in total. The molecule has 2 rings (SSSR count). The van der Waals surface area contributed by atoms with Crippen molar-refractivity contribution in [2.45, 2.75) is 71.0 Å². The molecule has 19 heavy (non-hydrogen) atoms. The molecule has 0 spiro atoms. The second-order valence-corrected chi connectivity index (χ2v) is 6.70. The minimum absolute atomic E-state index is 0.337. The molecule has 1 N–H and O–H groups in total. The minimum Gasteiger partial charge on any atom is -0.381 e. The molecule has 0 saturated carbocycles. The summed E-state index contributed by atoms with van der Waals surface area (Å²) in [5, 5.41) is 3.86. The van der Waals surface area contributed by atoms with E-state index in [1.807, 2.05) is 0 Å². The maximum absolute atomic E-state index is 5.55. The fourth-order valence-electron chi connectivity index (χ4n) is 3.72. The quantitative estimate of drug-likeness (QED) is 0.848. The van der Waals surface area contributed by atoms with Gasteiger partial charge in [0.25, 0.3) is 0 Å². The summed E-state index contributed by atoms with van der Waals surface area (Å²) in [6.45, 7) is 13.6. The highest BCUT2D eigenvalue weighted by Gasteiger charge is 2.40. The molecular formula is C16H32N2O. The summed E-state index contributed by atoms with van der Waals surface area (Å²) in [6.07, 6.45) is 4.89. The Morgan fingerprint density at radius 2 is 1.84 bits per heavy atom. The molecule has 112 valence electrons. The largest absolute Gasteiger partial charge is 0.381 e. The highest BCUT2D eigenvalue weighted by molar-refractivity contribution is 4.99. The third-order valence-corrected chi connectivity index (χ3v) is 5.38. The van der Waals surface area contributed by atoms with Gasteiger partial charge in [0.1, 0.15) is 0 Å². The normalized spacial score (nSPS) is 29.8. The first-order chi connectivity index (χ1) is 9.12. The van der Waals surface area contributed by atoms with Crippen LogP contribution in [0.4, 0.5) is 0 Å². The number of piperazine rings is 1. The topological polar surface area (TPSA) is 24.5 Å². The molecule has 2 fully saturated rings. The van der Waals surface area contributed by atoms with Crippen molar-refractivity contribution in [3.63, 3.8) is 0 Å². The van der Waals surface area contributed by atoms with Gasteiger partial charge in [0.05, 0.1) is 0 Å². The highest BCUT2D eigenvalue weighted by atomic mass is 16.5. The zero-order chi connectivity index (χ0) is 13.9. The van der Waals surface area contributed by atoms with Crippen LogP contribution < -0.4 is 5.32 Å². The molecule has 2 aliphatic heterocycles. The summed E-state index contributed by atoms with van der Waals surface area (Å²) in [6, 6.07) is 1.43. The van der Waals surface area contributed by atoms with Crippen molar-refractivity contribution in [1.29, 1.82) is 0 Å². The van der Waals surface area contributed by atoms with Crippen LogP contribution in [0.2, 0.25) is 0 Å². The van der Waals surface area contributed by atoms with Crippen LogP contribution in [0.3, 0.4) is 0 Å². The van der Waals surface area contributed by atoms with E-state index in [2.05, 4.69) is 37.9 Å². The predicted molar refractivity (Wildman–Crippen MR) is 80.5 cm³/mol. The Labute approximate surface area is 119 Å². The third-order valence-electron chi connectivity index (χ3n) is 5.38. The maximum Gasteiger partial charge on any atom is 0.0480 e. The van der Waals surface area contributed by atoms with E-state index in [1.54, 1.807) is 0 Å². The van der Waals surface area contributed by atoms with Crippen LogP contribution in [0.15, 0.2) is 0 Å². The molecule has 2 aliphatic rings. The molecule has 2 saturated heterocycles. The fourth-order valence-corrected chi connectivity index (χ4v) is 3.72. The van der Waals surface area contributed by atoms with E-state index in [4.69, 9.17) is 4.74 Å². The first-order valence-corrected chi connectivity index (χ1v) is 8.20. The third kappa shape index (κ3) is 3.32. The molecule has 0 bridgehead atoms. The fraction of sp³-hybridized carbons (Fsp3) is 1.00. The van der Waals surface area contributed by atoms with Crippen LogP contribution in [0, 0.1) is 5.92 Å². The van der Waals surface area contributed by atoms with Gasteiger partial charge in [-0.1, -0.05) is 27.7 Å². The van der Waals surface area contributed by atoms with Gasteiger partial charge in [-0.25, -0.2) is 0 Å². The smallest absolute Gasteiger partial charge is 0.0480 e. The van der Waals surface area contributed by atoms with Crippen molar-refractivity contribution in [3.05, 3.63) is 0 Å². The van der Waals surface area contributed by atoms with Gasteiger partial charge in [-0.15, -0.1) is 0 Å². The van der Waals surface area contributed by atoms with Crippen LogP contribution in [-0.2, 0) is 4.74 Å². The maximum atomic E-state index is 5.55. The van der Waals surface area contributed by atoms with Crippen LogP contribution in [0.5, 0.6) is 0 Å². The minimum atomic E-state index is 0.337. The van der Waals surface area contributed by atoms with E-state index >= 15 is 0 Å².